The highest BCUT2D eigenvalue weighted by Gasteiger charge is 2.39. The average molecular weight is 313 g/mol. The maximum absolute atomic E-state index is 12.3. The first-order valence-corrected chi connectivity index (χ1v) is 8.11. The number of carboxylic acids is 1. The predicted molar refractivity (Wildman–Crippen MR) is 72.6 cm³/mol. The Bertz CT molecular complexity index is 684. The minimum atomic E-state index is -3.46. The van der Waals surface area contributed by atoms with Gasteiger partial charge in [0.2, 0.25) is 0 Å². The lowest BCUT2D eigenvalue weighted by Gasteiger charge is -2.21. The Morgan fingerprint density at radius 3 is 2.57 bits per heavy atom. The monoisotopic (exact) mass is 313 g/mol. The zero-order chi connectivity index (χ0) is 15.8. The Balaban J connectivity index is 2.34. The van der Waals surface area contributed by atoms with Gasteiger partial charge in [-0.1, -0.05) is 6.07 Å². The molecule has 2 atom stereocenters. The van der Waals surface area contributed by atoms with Crippen LogP contribution in [0.15, 0.2) is 29.2 Å². The molecule has 1 aliphatic heterocycles. The molecule has 1 aromatic carbocycles. The summed E-state index contributed by atoms with van der Waals surface area (Å²) in [6.45, 7) is -0.0844. The zero-order valence-electron chi connectivity index (χ0n) is 11.3. The van der Waals surface area contributed by atoms with Crippen LogP contribution in [0.5, 0.6) is 0 Å². The van der Waals surface area contributed by atoms with Crippen LogP contribution in [0.25, 0.3) is 0 Å². The number of hydrogen-bond acceptors (Lipinski definition) is 5. The lowest BCUT2D eigenvalue weighted by Crippen LogP contribution is -2.40. The Morgan fingerprint density at radius 2 is 2.00 bits per heavy atom. The molecule has 21 heavy (non-hydrogen) atoms. The van der Waals surface area contributed by atoms with Crippen molar-refractivity contribution in [3.63, 3.8) is 0 Å². The molecule has 2 rings (SSSR count). The highest BCUT2D eigenvalue weighted by molar-refractivity contribution is 7.90. The number of carboxylic acid groups (broad SMARTS) is 1. The van der Waals surface area contributed by atoms with Gasteiger partial charge in [-0.05, 0) is 18.2 Å². The number of hydrogen-bond donors (Lipinski definition) is 2. The summed E-state index contributed by atoms with van der Waals surface area (Å²) >= 11 is 0. The van der Waals surface area contributed by atoms with E-state index in [-0.39, 0.29) is 23.4 Å². The number of nitrogens with zero attached hydrogens (tertiary/aromatic N) is 1. The third kappa shape index (κ3) is 3.22. The molecule has 1 amide bonds. The molecule has 2 N–H and O–H groups in total. The number of amides is 1. The van der Waals surface area contributed by atoms with E-state index in [1.807, 2.05) is 0 Å². The number of sulfone groups is 1. The van der Waals surface area contributed by atoms with Crippen LogP contribution >= 0.6 is 0 Å². The van der Waals surface area contributed by atoms with Gasteiger partial charge >= 0.3 is 5.97 Å². The number of aliphatic carboxylic acids is 1. The minimum Gasteiger partial charge on any atom is -0.480 e. The van der Waals surface area contributed by atoms with Gasteiger partial charge in [0.05, 0.1) is 11.0 Å². The van der Waals surface area contributed by atoms with Crippen LogP contribution in [-0.4, -0.2) is 60.4 Å². The SMILES string of the molecule is CS(=O)(=O)c1cccc(C(=O)N2CC(O)CC2C(=O)O)c1. The summed E-state index contributed by atoms with van der Waals surface area (Å²) in [6, 6.07) is 4.31. The fourth-order valence-electron chi connectivity index (χ4n) is 2.30. The lowest BCUT2D eigenvalue weighted by atomic mass is 10.1. The first-order valence-electron chi connectivity index (χ1n) is 6.22. The number of carbonyl (C=O) groups is 2. The van der Waals surface area contributed by atoms with Crippen LogP contribution in [0.4, 0.5) is 0 Å². The highest BCUT2D eigenvalue weighted by atomic mass is 32.2. The molecule has 7 nitrogen and oxygen atoms in total. The van der Waals surface area contributed by atoms with E-state index in [4.69, 9.17) is 5.11 Å². The Morgan fingerprint density at radius 1 is 1.33 bits per heavy atom. The maximum Gasteiger partial charge on any atom is 0.326 e. The van der Waals surface area contributed by atoms with Gasteiger partial charge in [0.25, 0.3) is 5.91 Å². The van der Waals surface area contributed by atoms with Crippen LogP contribution in [0.2, 0.25) is 0 Å². The van der Waals surface area contributed by atoms with Gasteiger partial charge in [-0.15, -0.1) is 0 Å². The summed E-state index contributed by atoms with van der Waals surface area (Å²) in [5, 5.41) is 18.6. The van der Waals surface area contributed by atoms with Gasteiger partial charge < -0.3 is 15.1 Å². The smallest absolute Gasteiger partial charge is 0.326 e. The van der Waals surface area contributed by atoms with Crippen molar-refractivity contribution in [3.8, 4) is 0 Å². The molecule has 8 heteroatoms. The van der Waals surface area contributed by atoms with Crippen LogP contribution in [-0.2, 0) is 14.6 Å². The summed E-state index contributed by atoms with van der Waals surface area (Å²) in [5.74, 6) is -1.80. The molecule has 114 valence electrons. The largest absolute Gasteiger partial charge is 0.480 e. The third-order valence-electron chi connectivity index (χ3n) is 3.33. The number of benzene rings is 1. The van der Waals surface area contributed by atoms with Gasteiger partial charge in [-0.2, -0.15) is 0 Å². The van der Waals surface area contributed by atoms with Crippen molar-refractivity contribution < 1.29 is 28.2 Å². The number of aliphatic hydroxyl groups excluding tert-OH is 1. The Hall–Kier alpha value is -1.93. The van der Waals surface area contributed by atoms with Crippen LogP contribution in [0.3, 0.4) is 0 Å². The molecular weight excluding hydrogens is 298 g/mol. The molecule has 0 saturated carbocycles. The van der Waals surface area contributed by atoms with E-state index in [9.17, 15) is 23.1 Å². The molecular formula is C13H15NO6S. The first-order chi connectivity index (χ1) is 9.70. The molecule has 0 aliphatic carbocycles. The van der Waals surface area contributed by atoms with Crippen molar-refractivity contribution in [1.82, 2.24) is 4.90 Å². The van der Waals surface area contributed by atoms with Gasteiger partial charge in [-0.3, -0.25) is 4.79 Å². The van der Waals surface area contributed by atoms with Crippen LogP contribution in [0, 0.1) is 0 Å². The Labute approximate surface area is 121 Å². The van der Waals surface area contributed by atoms with Crippen molar-refractivity contribution in [2.45, 2.75) is 23.5 Å². The summed E-state index contributed by atoms with van der Waals surface area (Å²) < 4.78 is 23.0. The fourth-order valence-corrected chi connectivity index (χ4v) is 2.96. The molecule has 0 spiro atoms. The van der Waals surface area contributed by atoms with E-state index in [2.05, 4.69) is 0 Å². The first kappa shape index (κ1) is 15.5. The molecule has 0 radical (unpaired) electrons. The third-order valence-corrected chi connectivity index (χ3v) is 4.44. The van der Waals surface area contributed by atoms with Gasteiger partial charge in [0.15, 0.2) is 9.84 Å². The van der Waals surface area contributed by atoms with E-state index in [1.54, 1.807) is 0 Å². The second kappa shape index (κ2) is 5.45. The van der Waals surface area contributed by atoms with E-state index in [0.29, 0.717) is 0 Å². The zero-order valence-corrected chi connectivity index (χ0v) is 12.1. The molecule has 2 unspecified atom stereocenters. The standard InChI is InChI=1S/C13H15NO6S/c1-21(19,20)10-4-2-3-8(5-10)12(16)14-7-9(15)6-11(14)13(17)18/h2-5,9,11,15H,6-7H2,1H3,(H,17,18). The van der Waals surface area contributed by atoms with Crippen molar-refractivity contribution in [2.75, 3.05) is 12.8 Å². The number of β-amino-alcohol motifs (C(OH)–C–C–N with tert-alkyl or cyclic N) is 1. The number of carbonyl (C=O) groups excluding carboxylic acids is 1. The second-order valence-electron chi connectivity index (χ2n) is 5.00. The van der Waals surface area contributed by atoms with Gasteiger partial charge in [0.1, 0.15) is 6.04 Å². The van der Waals surface area contributed by atoms with E-state index >= 15 is 0 Å². The van der Waals surface area contributed by atoms with E-state index in [0.717, 1.165) is 11.2 Å². The second-order valence-corrected chi connectivity index (χ2v) is 7.02. The summed E-state index contributed by atoms with van der Waals surface area (Å²) in [4.78, 5) is 24.5. The molecule has 0 aromatic heterocycles. The molecule has 1 saturated heterocycles. The number of likely N-dealkylation sites (tertiary alicyclic amines) is 1. The maximum atomic E-state index is 12.3. The molecule has 0 bridgehead atoms. The van der Waals surface area contributed by atoms with Gasteiger partial charge in [0, 0.05) is 24.8 Å². The van der Waals surface area contributed by atoms with Crippen LogP contribution < -0.4 is 0 Å². The summed E-state index contributed by atoms with van der Waals surface area (Å²) in [7, 11) is -3.46. The summed E-state index contributed by atoms with van der Waals surface area (Å²) in [6.07, 6.45) is 0.0939. The molecule has 1 aliphatic rings. The van der Waals surface area contributed by atoms with Crippen molar-refractivity contribution >= 4 is 21.7 Å². The fraction of sp³-hybridized carbons (Fsp3) is 0.385. The average Bonchev–Trinajstić information content (AvgIpc) is 2.79. The lowest BCUT2D eigenvalue weighted by molar-refractivity contribution is -0.141. The predicted octanol–water partition coefficient (Wildman–Crippen LogP) is -0.250. The molecule has 1 heterocycles. The quantitative estimate of drug-likeness (QED) is 0.796. The number of aliphatic hydroxyl groups is 1. The summed E-state index contributed by atoms with van der Waals surface area (Å²) in [5.41, 5.74) is 0.0817. The topological polar surface area (TPSA) is 112 Å². The minimum absolute atomic E-state index is 0.0139. The van der Waals surface area contributed by atoms with E-state index in [1.165, 1.54) is 24.3 Å². The van der Waals surface area contributed by atoms with E-state index < -0.39 is 33.9 Å². The van der Waals surface area contributed by atoms with Crippen molar-refractivity contribution in [1.29, 1.82) is 0 Å². The highest BCUT2D eigenvalue weighted by Crippen LogP contribution is 2.22. The molecule has 1 aromatic rings. The Kier molecular flexibility index (Phi) is 4.02. The molecule has 1 fully saturated rings. The van der Waals surface area contributed by atoms with Gasteiger partial charge in [-0.25, -0.2) is 13.2 Å². The number of rotatable bonds is 3. The van der Waals surface area contributed by atoms with Crippen molar-refractivity contribution in [3.05, 3.63) is 29.8 Å². The normalized spacial score (nSPS) is 22.3. The van der Waals surface area contributed by atoms with Crippen molar-refractivity contribution in [2.24, 2.45) is 0 Å². The van der Waals surface area contributed by atoms with Crippen LogP contribution in [0.1, 0.15) is 16.8 Å².